The van der Waals surface area contributed by atoms with Gasteiger partial charge in [-0.05, 0) is 30.3 Å². The zero-order chi connectivity index (χ0) is 18.4. The molecule has 2 heterocycles. The first-order chi connectivity index (χ1) is 12.6. The molecule has 3 rings (SSSR count). The van der Waals surface area contributed by atoms with Gasteiger partial charge < -0.3 is 15.4 Å². The summed E-state index contributed by atoms with van der Waals surface area (Å²) >= 11 is 12.1. The van der Waals surface area contributed by atoms with Gasteiger partial charge in [0.25, 0.3) is 5.91 Å². The lowest BCUT2D eigenvalue weighted by Crippen LogP contribution is -2.41. The van der Waals surface area contributed by atoms with E-state index in [0.29, 0.717) is 33.7 Å². The van der Waals surface area contributed by atoms with Crippen molar-refractivity contribution in [3.05, 3.63) is 52.1 Å². The molecule has 138 valence electrons. The molecule has 26 heavy (non-hydrogen) atoms. The van der Waals surface area contributed by atoms with Crippen molar-refractivity contribution in [2.45, 2.75) is 0 Å². The third kappa shape index (κ3) is 5.32. The minimum atomic E-state index is -0.133. The van der Waals surface area contributed by atoms with E-state index < -0.39 is 0 Å². The number of amides is 1. The number of ether oxygens (including phenoxy) is 1. The number of carbonyl (C=O) groups is 1. The summed E-state index contributed by atoms with van der Waals surface area (Å²) < 4.78 is 5.31. The number of pyridine rings is 1. The van der Waals surface area contributed by atoms with E-state index in [1.54, 1.807) is 36.5 Å². The molecule has 1 aliphatic heterocycles. The Labute approximate surface area is 162 Å². The number of hydrogen-bond acceptors (Lipinski definition) is 5. The molecule has 2 N–H and O–H groups in total. The molecule has 0 aliphatic carbocycles. The zero-order valence-corrected chi connectivity index (χ0v) is 15.7. The minimum absolute atomic E-state index is 0.133. The largest absolute Gasteiger partial charge is 0.379 e. The van der Waals surface area contributed by atoms with E-state index in [-0.39, 0.29) is 5.91 Å². The molecule has 0 unspecified atom stereocenters. The number of hydrogen-bond donors (Lipinski definition) is 2. The minimum Gasteiger partial charge on any atom is -0.379 e. The first-order valence-corrected chi connectivity index (χ1v) is 9.14. The predicted molar refractivity (Wildman–Crippen MR) is 104 cm³/mol. The summed E-state index contributed by atoms with van der Waals surface area (Å²) in [6.45, 7) is 4.71. The van der Waals surface area contributed by atoms with Crippen LogP contribution in [0.2, 0.25) is 10.0 Å². The van der Waals surface area contributed by atoms with Crippen molar-refractivity contribution in [2.75, 3.05) is 44.7 Å². The smallest absolute Gasteiger partial charge is 0.251 e. The molecular weight excluding hydrogens is 375 g/mol. The van der Waals surface area contributed by atoms with Crippen LogP contribution in [0.4, 0.5) is 11.5 Å². The molecule has 0 atom stereocenters. The molecule has 2 aromatic rings. The molecule has 1 aliphatic rings. The zero-order valence-electron chi connectivity index (χ0n) is 14.2. The van der Waals surface area contributed by atoms with E-state index >= 15 is 0 Å². The van der Waals surface area contributed by atoms with Gasteiger partial charge in [0.1, 0.15) is 5.82 Å². The van der Waals surface area contributed by atoms with Crippen molar-refractivity contribution >= 4 is 40.6 Å². The van der Waals surface area contributed by atoms with Crippen LogP contribution < -0.4 is 10.6 Å². The molecule has 6 nitrogen and oxygen atoms in total. The highest BCUT2D eigenvalue weighted by atomic mass is 35.5. The van der Waals surface area contributed by atoms with Gasteiger partial charge >= 0.3 is 0 Å². The number of benzene rings is 1. The van der Waals surface area contributed by atoms with Crippen LogP contribution in [-0.4, -0.2) is 55.2 Å². The van der Waals surface area contributed by atoms with Crippen molar-refractivity contribution in [2.24, 2.45) is 0 Å². The molecule has 1 amide bonds. The maximum atomic E-state index is 12.3. The molecule has 0 bridgehead atoms. The van der Waals surface area contributed by atoms with Crippen LogP contribution in [0, 0.1) is 0 Å². The summed E-state index contributed by atoms with van der Waals surface area (Å²) in [5.41, 5.74) is 1.21. The van der Waals surface area contributed by atoms with E-state index in [1.807, 2.05) is 0 Å². The van der Waals surface area contributed by atoms with E-state index in [4.69, 9.17) is 27.9 Å². The molecule has 0 spiro atoms. The van der Waals surface area contributed by atoms with Gasteiger partial charge in [-0.3, -0.25) is 9.69 Å². The fourth-order valence-corrected chi connectivity index (χ4v) is 3.08. The van der Waals surface area contributed by atoms with Crippen LogP contribution in [0.3, 0.4) is 0 Å². The second-order valence-corrected chi connectivity index (χ2v) is 6.73. The number of halogens is 2. The molecule has 8 heteroatoms. The van der Waals surface area contributed by atoms with Gasteiger partial charge in [-0.15, -0.1) is 0 Å². The fourth-order valence-electron chi connectivity index (χ4n) is 2.62. The highest BCUT2D eigenvalue weighted by molar-refractivity contribution is 6.36. The van der Waals surface area contributed by atoms with Crippen molar-refractivity contribution in [3.8, 4) is 0 Å². The highest BCUT2D eigenvalue weighted by Gasteiger charge is 2.12. The summed E-state index contributed by atoms with van der Waals surface area (Å²) in [6.07, 6.45) is 1.59. The first kappa shape index (κ1) is 18.9. The highest BCUT2D eigenvalue weighted by Crippen LogP contribution is 2.27. The number of morpholine rings is 1. The molecule has 0 radical (unpaired) electrons. The van der Waals surface area contributed by atoms with Crippen molar-refractivity contribution in [3.63, 3.8) is 0 Å². The summed E-state index contributed by atoms with van der Waals surface area (Å²) in [5.74, 6) is 0.404. The van der Waals surface area contributed by atoms with Gasteiger partial charge in [-0.25, -0.2) is 4.98 Å². The Balaban J connectivity index is 1.56. The van der Waals surface area contributed by atoms with Gasteiger partial charge in [0, 0.05) is 43.0 Å². The third-order valence-corrected chi connectivity index (χ3v) is 4.58. The maximum absolute atomic E-state index is 12.3. The second-order valence-electron chi connectivity index (χ2n) is 5.89. The first-order valence-electron chi connectivity index (χ1n) is 8.38. The Kier molecular flexibility index (Phi) is 6.68. The Morgan fingerprint density at radius 1 is 1.19 bits per heavy atom. The molecule has 0 saturated carbocycles. The van der Waals surface area contributed by atoms with E-state index in [9.17, 15) is 4.79 Å². The van der Waals surface area contributed by atoms with Gasteiger partial charge in [0.15, 0.2) is 0 Å². The average Bonchev–Trinajstić information content (AvgIpc) is 2.65. The standard InChI is InChI=1S/C18H20Cl2N4O2/c19-14-1-2-16(15(20)12-14)23-17-11-13(3-4-21-17)18(25)22-5-6-24-7-9-26-10-8-24/h1-4,11-12H,5-10H2,(H,21,23)(H,22,25). The van der Waals surface area contributed by atoms with E-state index in [2.05, 4.69) is 20.5 Å². The Bertz CT molecular complexity index is 767. The number of nitrogens with zero attached hydrogens (tertiary/aromatic N) is 2. The lowest BCUT2D eigenvalue weighted by Gasteiger charge is -2.26. The van der Waals surface area contributed by atoms with Crippen LogP contribution in [0.5, 0.6) is 0 Å². The van der Waals surface area contributed by atoms with E-state index in [0.717, 1.165) is 32.8 Å². The summed E-state index contributed by atoms with van der Waals surface area (Å²) in [5, 5.41) is 7.08. The van der Waals surface area contributed by atoms with Gasteiger partial charge in [-0.1, -0.05) is 23.2 Å². The Morgan fingerprint density at radius 3 is 2.77 bits per heavy atom. The lowest BCUT2D eigenvalue weighted by atomic mass is 10.2. The average molecular weight is 395 g/mol. The number of nitrogens with one attached hydrogen (secondary N) is 2. The van der Waals surface area contributed by atoms with Crippen molar-refractivity contribution in [1.82, 2.24) is 15.2 Å². The lowest BCUT2D eigenvalue weighted by molar-refractivity contribution is 0.0383. The molecule has 1 aromatic heterocycles. The van der Waals surface area contributed by atoms with Crippen LogP contribution in [0.25, 0.3) is 0 Å². The van der Waals surface area contributed by atoms with Crippen molar-refractivity contribution < 1.29 is 9.53 Å². The van der Waals surface area contributed by atoms with Gasteiger partial charge in [0.2, 0.25) is 0 Å². The number of carbonyl (C=O) groups excluding carboxylic acids is 1. The number of anilines is 2. The number of rotatable bonds is 6. The molecular formula is C18H20Cl2N4O2. The predicted octanol–water partition coefficient (Wildman–Crippen LogP) is 3.19. The molecule has 1 aromatic carbocycles. The third-order valence-electron chi connectivity index (χ3n) is 4.03. The normalized spacial score (nSPS) is 14.8. The fraction of sp³-hybridized carbons (Fsp3) is 0.333. The monoisotopic (exact) mass is 394 g/mol. The van der Waals surface area contributed by atoms with Crippen LogP contribution in [0.1, 0.15) is 10.4 Å². The van der Waals surface area contributed by atoms with Crippen molar-refractivity contribution in [1.29, 1.82) is 0 Å². The topological polar surface area (TPSA) is 66.5 Å². The molecule has 1 saturated heterocycles. The summed E-state index contributed by atoms with van der Waals surface area (Å²) in [7, 11) is 0. The summed E-state index contributed by atoms with van der Waals surface area (Å²) in [6, 6.07) is 8.51. The van der Waals surface area contributed by atoms with Gasteiger partial charge in [0.05, 0.1) is 23.9 Å². The SMILES string of the molecule is O=C(NCCN1CCOCC1)c1ccnc(Nc2ccc(Cl)cc2Cl)c1. The Hall–Kier alpha value is -1.86. The van der Waals surface area contributed by atoms with Gasteiger partial charge in [-0.2, -0.15) is 0 Å². The van der Waals surface area contributed by atoms with E-state index in [1.165, 1.54) is 0 Å². The summed E-state index contributed by atoms with van der Waals surface area (Å²) in [4.78, 5) is 18.8. The van der Waals surface area contributed by atoms with Crippen LogP contribution >= 0.6 is 23.2 Å². The second kappa shape index (κ2) is 9.19. The Morgan fingerprint density at radius 2 is 2.00 bits per heavy atom. The van der Waals surface area contributed by atoms with Crippen LogP contribution in [-0.2, 0) is 4.74 Å². The van der Waals surface area contributed by atoms with Crippen LogP contribution in [0.15, 0.2) is 36.5 Å². The quantitative estimate of drug-likeness (QED) is 0.787. The maximum Gasteiger partial charge on any atom is 0.251 e. The molecule has 1 fully saturated rings. The number of aromatic nitrogens is 1.